The normalized spacial score (nSPS) is 12.1. The summed E-state index contributed by atoms with van der Waals surface area (Å²) in [5.41, 5.74) is 3.21. The molecule has 166 valence electrons. The molecule has 2 aromatic rings. The first kappa shape index (κ1) is 24.0. The number of hydrogen-bond donors (Lipinski definition) is 0. The van der Waals surface area contributed by atoms with Gasteiger partial charge in [0, 0.05) is 0 Å². The fourth-order valence-electron chi connectivity index (χ4n) is 3.10. The maximum atomic E-state index is 11.3. The lowest BCUT2D eigenvalue weighted by atomic mass is 10.0. The van der Waals surface area contributed by atoms with Gasteiger partial charge in [0.15, 0.2) is 0 Å². The average Bonchev–Trinajstić information content (AvgIpc) is 3.63. The van der Waals surface area contributed by atoms with Gasteiger partial charge < -0.3 is 18.9 Å². The highest BCUT2D eigenvalue weighted by Gasteiger charge is 2.23. The minimum absolute atomic E-state index is 0.323. The first-order chi connectivity index (χ1) is 15.0. The van der Waals surface area contributed by atoms with Crippen molar-refractivity contribution in [2.24, 2.45) is 5.92 Å². The Balaban J connectivity index is 0.000000221. The Hall–Kier alpha value is -3.28. The minimum atomic E-state index is -0.363. The van der Waals surface area contributed by atoms with Crippen LogP contribution in [0.3, 0.4) is 0 Å². The molecule has 0 unspecified atom stereocenters. The predicted octanol–water partition coefficient (Wildman–Crippen LogP) is 4.64. The zero-order chi connectivity index (χ0) is 22.8. The summed E-state index contributed by atoms with van der Waals surface area (Å²) in [6, 6.07) is 10.7. The van der Waals surface area contributed by atoms with E-state index in [2.05, 4.69) is 16.1 Å². The number of rotatable bonds is 8. The molecule has 0 spiro atoms. The lowest BCUT2D eigenvalue weighted by Gasteiger charge is -2.09. The quantitative estimate of drug-likeness (QED) is 0.452. The molecule has 0 amide bonds. The third-order valence-electron chi connectivity index (χ3n) is 4.99. The van der Waals surface area contributed by atoms with Gasteiger partial charge in [-0.3, -0.25) is 0 Å². The summed E-state index contributed by atoms with van der Waals surface area (Å²) >= 11 is 0. The zero-order valence-electron chi connectivity index (χ0n) is 18.6. The summed E-state index contributed by atoms with van der Waals surface area (Å²) in [4.78, 5) is 22.6. The molecule has 2 aromatic carbocycles. The van der Waals surface area contributed by atoms with E-state index in [-0.39, 0.29) is 11.9 Å². The highest BCUT2D eigenvalue weighted by atomic mass is 16.5. The third-order valence-corrected chi connectivity index (χ3v) is 4.99. The summed E-state index contributed by atoms with van der Waals surface area (Å²) in [6.45, 7) is 3.66. The second kappa shape index (κ2) is 11.8. The number of ether oxygens (including phenoxy) is 4. The molecule has 1 aliphatic carbocycles. The van der Waals surface area contributed by atoms with Gasteiger partial charge in [0.25, 0.3) is 0 Å². The van der Waals surface area contributed by atoms with Crippen LogP contribution in [-0.2, 0) is 22.3 Å². The van der Waals surface area contributed by atoms with E-state index >= 15 is 0 Å². The second-order valence-electron chi connectivity index (χ2n) is 7.18. The summed E-state index contributed by atoms with van der Waals surface area (Å²) in [5.74, 6) is 1.58. The van der Waals surface area contributed by atoms with Crippen LogP contribution in [0.25, 0.3) is 0 Å². The smallest absolute Gasteiger partial charge is 0.337 e. The molecule has 0 saturated heterocycles. The van der Waals surface area contributed by atoms with Crippen LogP contribution in [0.2, 0.25) is 0 Å². The van der Waals surface area contributed by atoms with Crippen molar-refractivity contribution in [1.29, 1.82) is 0 Å². The number of benzene rings is 2. The molecule has 6 heteroatoms. The molecule has 0 radical (unpaired) electrons. The van der Waals surface area contributed by atoms with Crippen LogP contribution < -0.4 is 9.47 Å². The molecule has 1 saturated carbocycles. The van der Waals surface area contributed by atoms with E-state index in [0.29, 0.717) is 23.3 Å². The largest absolute Gasteiger partial charge is 0.496 e. The molecule has 0 N–H and O–H groups in total. The molecule has 0 heterocycles. The molecular formula is C25H30O6. The van der Waals surface area contributed by atoms with Crippen molar-refractivity contribution in [2.75, 3.05) is 28.4 Å². The van der Waals surface area contributed by atoms with Crippen molar-refractivity contribution in [1.82, 2.24) is 0 Å². The molecule has 0 bridgehead atoms. The fraction of sp³-hybridized carbons (Fsp3) is 0.360. The number of allylic oxidation sites excluding steroid dienone is 1. The highest BCUT2D eigenvalue weighted by molar-refractivity contribution is 5.90. The topological polar surface area (TPSA) is 71.1 Å². The molecule has 3 rings (SSSR count). The van der Waals surface area contributed by atoms with Crippen LogP contribution in [0.1, 0.15) is 44.7 Å². The zero-order valence-corrected chi connectivity index (χ0v) is 18.6. The number of carbonyl (C=O) groups is 2. The SMILES string of the molecule is C=CCc1ccc(C(=O)OC)cc1OC.COC(=O)c1ccc(CC2CC2)c(OC)c1. The van der Waals surface area contributed by atoms with Crippen LogP contribution in [-0.4, -0.2) is 40.4 Å². The van der Waals surface area contributed by atoms with Gasteiger partial charge in [-0.25, -0.2) is 9.59 Å². The van der Waals surface area contributed by atoms with Crippen molar-refractivity contribution < 1.29 is 28.5 Å². The molecule has 6 nitrogen and oxygen atoms in total. The fourth-order valence-corrected chi connectivity index (χ4v) is 3.10. The van der Waals surface area contributed by atoms with Crippen LogP contribution in [0.15, 0.2) is 49.1 Å². The van der Waals surface area contributed by atoms with Crippen molar-refractivity contribution in [2.45, 2.75) is 25.7 Å². The number of esters is 2. The Morgan fingerprint density at radius 1 is 0.871 bits per heavy atom. The van der Waals surface area contributed by atoms with Crippen molar-refractivity contribution in [3.63, 3.8) is 0 Å². The van der Waals surface area contributed by atoms with Crippen LogP contribution in [0, 0.1) is 5.92 Å². The molecule has 31 heavy (non-hydrogen) atoms. The molecule has 1 fully saturated rings. The van der Waals surface area contributed by atoms with Gasteiger partial charge in [-0.15, -0.1) is 6.58 Å². The molecule has 0 aromatic heterocycles. The molecular weight excluding hydrogens is 396 g/mol. The number of hydrogen-bond acceptors (Lipinski definition) is 6. The van der Waals surface area contributed by atoms with E-state index < -0.39 is 0 Å². The van der Waals surface area contributed by atoms with E-state index in [1.165, 1.54) is 32.6 Å². The Kier molecular flexibility index (Phi) is 9.13. The Morgan fingerprint density at radius 3 is 1.77 bits per heavy atom. The monoisotopic (exact) mass is 426 g/mol. The van der Waals surface area contributed by atoms with Gasteiger partial charge in [-0.1, -0.05) is 18.2 Å². The standard InChI is InChI=1S/C13H16O3.C12H14O3/c1-15-12-8-11(13(14)16-2)6-5-10(12)7-9-3-4-9;1-4-5-9-6-7-10(12(13)15-3)8-11(9)14-2/h5-6,8-9H,3-4,7H2,1-2H3;4,6-8H,1,5H2,2-3H3. The van der Waals surface area contributed by atoms with Gasteiger partial charge in [0.1, 0.15) is 11.5 Å². The second-order valence-corrected chi connectivity index (χ2v) is 7.18. The van der Waals surface area contributed by atoms with Crippen LogP contribution in [0.5, 0.6) is 11.5 Å². The van der Waals surface area contributed by atoms with Crippen LogP contribution >= 0.6 is 0 Å². The minimum Gasteiger partial charge on any atom is -0.496 e. The maximum absolute atomic E-state index is 11.3. The lowest BCUT2D eigenvalue weighted by Crippen LogP contribution is -2.03. The van der Waals surface area contributed by atoms with Crippen LogP contribution in [0.4, 0.5) is 0 Å². The van der Waals surface area contributed by atoms with Gasteiger partial charge in [-0.2, -0.15) is 0 Å². The Bertz CT molecular complexity index is 914. The Labute approximate surface area is 183 Å². The molecule has 1 aliphatic rings. The Morgan fingerprint density at radius 2 is 1.35 bits per heavy atom. The van der Waals surface area contributed by atoms with E-state index in [0.717, 1.165) is 23.7 Å². The van der Waals surface area contributed by atoms with Crippen molar-refractivity contribution in [3.05, 3.63) is 71.3 Å². The first-order valence-electron chi connectivity index (χ1n) is 10.1. The molecule has 0 atom stereocenters. The van der Waals surface area contributed by atoms with Crippen molar-refractivity contribution >= 4 is 11.9 Å². The summed E-state index contributed by atoms with van der Waals surface area (Å²) in [7, 11) is 5.94. The van der Waals surface area contributed by atoms with Crippen molar-refractivity contribution in [3.8, 4) is 11.5 Å². The van der Waals surface area contributed by atoms with E-state index in [4.69, 9.17) is 9.47 Å². The van der Waals surface area contributed by atoms with Gasteiger partial charge in [0.2, 0.25) is 0 Å². The highest BCUT2D eigenvalue weighted by Crippen LogP contribution is 2.35. The maximum Gasteiger partial charge on any atom is 0.337 e. The van der Waals surface area contributed by atoms with E-state index in [9.17, 15) is 9.59 Å². The van der Waals surface area contributed by atoms with Gasteiger partial charge in [0.05, 0.1) is 39.6 Å². The first-order valence-corrected chi connectivity index (χ1v) is 10.1. The summed E-state index contributed by atoms with van der Waals surface area (Å²) in [5, 5.41) is 0. The van der Waals surface area contributed by atoms with Gasteiger partial charge >= 0.3 is 11.9 Å². The summed E-state index contributed by atoms with van der Waals surface area (Å²) < 4.78 is 19.8. The predicted molar refractivity (Wildman–Crippen MR) is 119 cm³/mol. The summed E-state index contributed by atoms with van der Waals surface area (Å²) in [6.07, 6.45) is 6.16. The third kappa shape index (κ3) is 6.88. The lowest BCUT2D eigenvalue weighted by molar-refractivity contribution is 0.0591. The average molecular weight is 427 g/mol. The number of methoxy groups -OCH3 is 4. The van der Waals surface area contributed by atoms with Gasteiger partial charge in [-0.05, 0) is 67.0 Å². The number of carbonyl (C=O) groups excluding carboxylic acids is 2. The molecule has 0 aliphatic heterocycles. The van der Waals surface area contributed by atoms with E-state index in [1.807, 2.05) is 12.1 Å². The van der Waals surface area contributed by atoms with E-state index in [1.54, 1.807) is 44.6 Å².